The first-order valence-corrected chi connectivity index (χ1v) is 10.0. The third-order valence-corrected chi connectivity index (χ3v) is 5.20. The monoisotopic (exact) mass is 413 g/mol. The number of nitrogens with zero attached hydrogens (tertiary/aromatic N) is 4. The molecule has 0 amide bonds. The smallest absolute Gasteiger partial charge is 0.263 e. The summed E-state index contributed by atoms with van der Waals surface area (Å²) in [5, 5.41) is 0. The molecule has 1 aliphatic heterocycles. The number of para-hydroxylation sites is 2. The second-order valence-corrected chi connectivity index (χ2v) is 7.27. The molecule has 1 saturated heterocycles. The van der Waals surface area contributed by atoms with E-state index < -0.39 is 0 Å². The summed E-state index contributed by atoms with van der Waals surface area (Å²) >= 11 is 0. The predicted octanol–water partition coefficient (Wildman–Crippen LogP) is 3.55. The maximum atomic E-state index is 12.8. The normalized spacial score (nSPS) is 14.1. The van der Waals surface area contributed by atoms with E-state index in [1.165, 1.54) is 0 Å². The van der Waals surface area contributed by atoms with Gasteiger partial charge in [-0.05, 0) is 36.4 Å². The first kappa shape index (κ1) is 18.9. The number of rotatable bonds is 5. The molecule has 2 aromatic carbocycles. The van der Waals surface area contributed by atoms with E-state index in [0.29, 0.717) is 54.8 Å². The third-order valence-electron chi connectivity index (χ3n) is 5.20. The van der Waals surface area contributed by atoms with Crippen LogP contribution >= 0.6 is 0 Å². The van der Waals surface area contributed by atoms with Gasteiger partial charge in [0.25, 0.3) is 5.88 Å². The van der Waals surface area contributed by atoms with Crippen LogP contribution in [0.5, 0.6) is 11.6 Å². The molecular formula is C23H19N5O3. The van der Waals surface area contributed by atoms with E-state index in [-0.39, 0.29) is 11.6 Å². The number of carbonyl (C=O) groups excluding carboxylic acids is 2. The molecule has 2 aromatic heterocycles. The number of hydrogen-bond acceptors (Lipinski definition) is 7. The number of ether oxygens (including phenoxy) is 1. The van der Waals surface area contributed by atoms with Crippen LogP contribution in [0.4, 0.5) is 5.82 Å². The van der Waals surface area contributed by atoms with Crippen molar-refractivity contribution in [1.82, 2.24) is 19.9 Å². The summed E-state index contributed by atoms with van der Waals surface area (Å²) in [7, 11) is 0. The molecule has 4 aromatic rings. The van der Waals surface area contributed by atoms with E-state index in [2.05, 4.69) is 19.9 Å². The Hall–Kier alpha value is -4.07. The topological polar surface area (TPSA) is 101 Å². The Kier molecular flexibility index (Phi) is 4.87. The minimum atomic E-state index is -0.194. The average Bonchev–Trinajstić information content (AvgIpc) is 3.25. The molecule has 0 atom stereocenters. The van der Waals surface area contributed by atoms with Crippen LogP contribution in [0.1, 0.15) is 29.0 Å². The van der Waals surface area contributed by atoms with Crippen LogP contribution in [0.2, 0.25) is 0 Å². The number of piperidine rings is 1. The van der Waals surface area contributed by atoms with Crippen LogP contribution in [0.3, 0.4) is 0 Å². The van der Waals surface area contributed by atoms with Crippen LogP contribution in [-0.2, 0) is 4.79 Å². The number of benzene rings is 2. The minimum absolute atomic E-state index is 0.194. The first-order chi connectivity index (χ1) is 15.2. The lowest BCUT2D eigenvalue weighted by Gasteiger charge is -2.27. The van der Waals surface area contributed by atoms with Crippen molar-refractivity contribution >= 4 is 28.4 Å². The van der Waals surface area contributed by atoms with Crippen LogP contribution in [0.15, 0.2) is 60.9 Å². The number of imidazole rings is 1. The maximum absolute atomic E-state index is 12.8. The number of anilines is 1. The molecular weight excluding hydrogens is 394 g/mol. The van der Waals surface area contributed by atoms with Crippen molar-refractivity contribution in [2.75, 3.05) is 18.0 Å². The highest BCUT2D eigenvalue weighted by Gasteiger charge is 2.22. The van der Waals surface area contributed by atoms with Gasteiger partial charge in [0.15, 0.2) is 11.6 Å². The summed E-state index contributed by atoms with van der Waals surface area (Å²) < 4.78 is 5.94. The number of carbonyl (C=O) groups is 2. The second-order valence-electron chi connectivity index (χ2n) is 7.27. The zero-order valence-corrected chi connectivity index (χ0v) is 16.6. The van der Waals surface area contributed by atoms with Crippen LogP contribution < -0.4 is 9.64 Å². The lowest BCUT2D eigenvalue weighted by molar-refractivity contribution is -0.119. The highest BCUT2D eigenvalue weighted by Crippen LogP contribution is 2.29. The number of nitrogens with one attached hydrogen (secondary N) is 1. The van der Waals surface area contributed by atoms with Gasteiger partial charge < -0.3 is 14.6 Å². The van der Waals surface area contributed by atoms with E-state index >= 15 is 0 Å². The molecule has 0 bridgehead atoms. The molecule has 5 rings (SSSR count). The Labute approximate surface area is 177 Å². The number of aromatic nitrogens is 4. The standard InChI is InChI=1S/C23H19N5O3/c29-16-9-13-28(14-10-16)22-23(25-12-11-24-22)31-17-7-5-15(6-8-17)20(30)21-26-18-3-1-2-4-19(18)27-21/h1-8,11-12H,9-10,13-14H2,(H,26,27). The highest BCUT2D eigenvalue weighted by atomic mass is 16.5. The van der Waals surface area contributed by atoms with E-state index in [1.54, 1.807) is 36.7 Å². The molecule has 0 spiro atoms. The minimum Gasteiger partial charge on any atom is -0.436 e. The Morgan fingerprint density at radius 1 is 0.968 bits per heavy atom. The van der Waals surface area contributed by atoms with E-state index in [4.69, 9.17) is 4.74 Å². The first-order valence-electron chi connectivity index (χ1n) is 10.0. The summed E-state index contributed by atoms with van der Waals surface area (Å²) in [6, 6.07) is 14.3. The Balaban J connectivity index is 1.34. The molecule has 0 saturated carbocycles. The molecule has 31 heavy (non-hydrogen) atoms. The van der Waals surface area contributed by atoms with E-state index in [0.717, 1.165) is 11.0 Å². The van der Waals surface area contributed by atoms with Gasteiger partial charge in [-0.2, -0.15) is 0 Å². The fourth-order valence-electron chi connectivity index (χ4n) is 3.56. The van der Waals surface area contributed by atoms with E-state index in [9.17, 15) is 9.59 Å². The number of fused-ring (bicyclic) bond motifs is 1. The summed E-state index contributed by atoms with van der Waals surface area (Å²) in [5.74, 6) is 1.88. The van der Waals surface area contributed by atoms with Gasteiger partial charge in [0.1, 0.15) is 11.5 Å². The molecule has 1 N–H and O–H groups in total. The van der Waals surface area contributed by atoms with Gasteiger partial charge in [0, 0.05) is 43.9 Å². The fourth-order valence-corrected chi connectivity index (χ4v) is 3.56. The molecule has 8 nitrogen and oxygen atoms in total. The molecule has 1 aliphatic rings. The number of H-pyrrole nitrogens is 1. The van der Waals surface area contributed by atoms with Crippen molar-refractivity contribution in [2.24, 2.45) is 0 Å². The molecule has 0 radical (unpaired) electrons. The van der Waals surface area contributed by atoms with Gasteiger partial charge in [-0.15, -0.1) is 0 Å². The SMILES string of the molecule is O=C1CCN(c2nccnc2Oc2ccc(C(=O)c3nc4ccccc4[nH]3)cc2)CC1. The second kappa shape index (κ2) is 7.98. The molecule has 0 unspecified atom stereocenters. The van der Waals surface area contributed by atoms with Gasteiger partial charge in [-0.25, -0.2) is 15.0 Å². The van der Waals surface area contributed by atoms with Crippen molar-refractivity contribution in [3.05, 3.63) is 72.3 Å². The fraction of sp³-hybridized carbons (Fsp3) is 0.174. The summed E-state index contributed by atoms with van der Waals surface area (Å²) in [4.78, 5) is 42.4. The predicted molar refractivity (Wildman–Crippen MR) is 115 cm³/mol. The van der Waals surface area contributed by atoms with E-state index in [1.807, 2.05) is 29.2 Å². The summed E-state index contributed by atoms with van der Waals surface area (Å²) in [6.07, 6.45) is 4.16. The number of Topliss-reactive ketones (excluding diaryl/α,β-unsaturated/α-hetero) is 1. The molecule has 1 fully saturated rings. The molecule has 0 aliphatic carbocycles. The number of aromatic amines is 1. The summed E-state index contributed by atoms with van der Waals surface area (Å²) in [5.41, 5.74) is 2.07. The van der Waals surface area contributed by atoms with Gasteiger partial charge in [0.05, 0.1) is 11.0 Å². The largest absolute Gasteiger partial charge is 0.436 e. The van der Waals surface area contributed by atoms with Crippen molar-refractivity contribution in [2.45, 2.75) is 12.8 Å². The van der Waals surface area contributed by atoms with Gasteiger partial charge in [-0.1, -0.05) is 12.1 Å². The highest BCUT2D eigenvalue weighted by molar-refractivity contribution is 6.08. The lowest BCUT2D eigenvalue weighted by Crippen LogP contribution is -2.34. The van der Waals surface area contributed by atoms with Gasteiger partial charge >= 0.3 is 0 Å². The van der Waals surface area contributed by atoms with Crippen LogP contribution in [0, 0.1) is 0 Å². The van der Waals surface area contributed by atoms with Crippen molar-refractivity contribution in [3.63, 3.8) is 0 Å². The molecule has 3 heterocycles. The van der Waals surface area contributed by atoms with Crippen molar-refractivity contribution < 1.29 is 14.3 Å². The van der Waals surface area contributed by atoms with Crippen LogP contribution in [0.25, 0.3) is 11.0 Å². The third kappa shape index (κ3) is 3.87. The zero-order chi connectivity index (χ0) is 21.2. The maximum Gasteiger partial charge on any atom is 0.263 e. The number of hydrogen-bond donors (Lipinski definition) is 1. The van der Waals surface area contributed by atoms with Crippen molar-refractivity contribution in [3.8, 4) is 11.6 Å². The van der Waals surface area contributed by atoms with Gasteiger partial charge in [-0.3, -0.25) is 9.59 Å². The quantitative estimate of drug-likeness (QED) is 0.499. The Morgan fingerprint density at radius 3 is 2.48 bits per heavy atom. The number of ketones is 2. The average molecular weight is 413 g/mol. The molecule has 154 valence electrons. The van der Waals surface area contributed by atoms with Crippen LogP contribution in [-0.4, -0.2) is 44.6 Å². The Morgan fingerprint density at radius 2 is 1.71 bits per heavy atom. The Bertz CT molecular complexity index is 1220. The van der Waals surface area contributed by atoms with Crippen molar-refractivity contribution in [1.29, 1.82) is 0 Å². The molecule has 8 heteroatoms. The zero-order valence-electron chi connectivity index (χ0n) is 16.6. The van der Waals surface area contributed by atoms with Gasteiger partial charge in [0.2, 0.25) is 5.78 Å². The summed E-state index contributed by atoms with van der Waals surface area (Å²) in [6.45, 7) is 1.19. The lowest BCUT2D eigenvalue weighted by atomic mass is 10.1.